The lowest BCUT2D eigenvalue weighted by molar-refractivity contribution is -0.137. The van der Waals surface area contributed by atoms with Gasteiger partial charge in [-0.3, -0.25) is 4.79 Å². The van der Waals surface area contributed by atoms with Crippen LogP contribution in [-0.4, -0.2) is 35.6 Å². The maximum absolute atomic E-state index is 10.2. The number of carboxylic acid groups (broad SMARTS) is 1. The molecule has 0 aliphatic carbocycles. The zero-order chi connectivity index (χ0) is 8.85. The van der Waals surface area contributed by atoms with Crippen molar-refractivity contribution in [3.8, 4) is 0 Å². The molecule has 1 N–H and O–H groups in total. The lowest BCUT2D eigenvalue weighted by atomic mass is 10.1. The molecule has 0 aromatic heterocycles. The minimum absolute atomic E-state index is 0.269. The minimum atomic E-state index is -0.707. The van der Waals surface area contributed by atoms with Crippen molar-refractivity contribution >= 4 is 5.97 Å². The average molecular weight is 159 g/mol. The van der Waals surface area contributed by atoms with Crippen molar-refractivity contribution < 1.29 is 9.90 Å². The van der Waals surface area contributed by atoms with E-state index in [9.17, 15) is 4.79 Å². The molecule has 1 unspecified atom stereocenters. The molecule has 0 amide bonds. The van der Waals surface area contributed by atoms with E-state index >= 15 is 0 Å². The van der Waals surface area contributed by atoms with Crippen LogP contribution >= 0.6 is 0 Å². The monoisotopic (exact) mass is 159 g/mol. The van der Waals surface area contributed by atoms with Crippen molar-refractivity contribution in [1.82, 2.24) is 4.90 Å². The van der Waals surface area contributed by atoms with Crippen LogP contribution in [0.4, 0.5) is 0 Å². The molecular formula is C8H17NO2. The van der Waals surface area contributed by atoms with Gasteiger partial charge in [0.05, 0.1) is 0 Å². The second kappa shape index (κ2) is 5.13. The Morgan fingerprint density at radius 1 is 1.64 bits per heavy atom. The molecule has 0 radical (unpaired) electrons. The first kappa shape index (κ1) is 10.4. The molecule has 66 valence electrons. The smallest absolute Gasteiger partial charge is 0.303 e. The Balaban J connectivity index is 3.51. The van der Waals surface area contributed by atoms with Crippen molar-refractivity contribution in [2.24, 2.45) is 0 Å². The molecule has 0 saturated carbocycles. The van der Waals surface area contributed by atoms with E-state index in [1.54, 1.807) is 0 Å². The van der Waals surface area contributed by atoms with Gasteiger partial charge in [0.25, 0.3) is 0 Å². The Bertz CT molecular complexity index is 125. The number of carboxylic acids is 1. The van der Waals surface area contributed by atoms with Gasteiger partial charge in [-0.15, -0.1) is 0 Å². The van der Waals surface area contributed by atoms with Gasteiger partial charge in [-0.25, -0.2) is 0 Å². The Hall–Kier alpha value is -0.570. The van der Waals surface area contributed by atoms with Crippen molar-refractivity contribution in [3.05, 3.63) is 0 Å². The maximum atomic E-state index is 10.2. The number of nitrogens with zero attached hydrogens (tertiary/aromatic N) is 1. The summed E-state index contributed by atoms with van der Waals surface area (Å²) in [6.07, 6.45) is 1.01. The summed E-state index contributed by atoms with van der Waals surface area (Å²) in [7, 11) is 2.01. The Kier molecular flexibility index (Phi) is 4.86. The first-order valence-electron chi connectivity index (χ1n) is 4.00. The molecule has 3 nitrogen and oxygen atoms in total. The van der Waals surface area contributed by atoms with Crippen molar-refractivity contribution in [2.75, 3.05) is 13.6 Å². The zero-order valence-corrected chi connectivity index (χ0v) is 7.50. The van der Waals surface area contributed by atoms with Crippen LogP contribution in [0.1, 0.15) is 26.7 Å². The summed E-state index contributed by atoms with van der Waals surface area (Å²) in [5.74, 6) is -0.707. The number of hydrogen-bond acceptors (Lipinski definition) is 2. The van der Waals surface area contributed by atoms with E-state index in [1.165, 1.54) is 0 Å². The summed E-state index contributed by atoms with van der Waals surface area (Å²) in [5, 5.41) is 8.40. The van der Waals surface area contributed by atoms with Crippen LogP contribution in [-0.2, 0) is 4.79 Å². The fourth-order valence-corrected chi connectivity index (χ4v) is 0.864. The number of carbonyl (C=O) groups is 1. The first-order chi connectivity index (χ1) is 5.07. The molecule has 3 heteroatoms. The van der Waals surface area contributed by atoms with E-state index in [1.807, 2.05) is 14.0 Å². The Labute approximate surface area is 68.0 Å². The fraction of sp³-hybridized carbons (Fsp3) is 0.875. The van der Waals surface area contributed by atoms with Crippen LogP contribution in [0.15, 0.2) is 0 Å². The highest BCUT2D eigenvalue weighted by Gasteiger charge is 2.08. The van der Waals surface area contributed by atoms with E-state index in [-0.39, 0.29) is 6.42 Å². The number of rotatable bonds is 5. The summed E-state index contributed by atoms with van der Waals surface area (Å²) in [6.45, 7) is 5.09. The molecular weight excluding hydrogens is 142 g/mol. The lowest BCUT2D eigenvalue weighted by Crippen LogP contribution is -2.29. The molecule has 0 aromatic carbocycles. The predicted octanol–water partition coefficient (Wildman–Crippen LogP) is 1.19. The minimum Gasteiger partial charge on any atom is -0.481 e. The van der Waals surface area contributed by atoms with Crippen LogP contribution in [0.2, 0.25) is 0 Å². The quantitative estimate of drug-likeness (QED) is 0.655. The summed E-state index contributed by atoms with van der Waals surface area (Å²) in [4.78, 5) is 12.3. The van der Waals surface area contributed by atoms with Crippen LogP contribution in [0.25, 0.3) is 0 Å². The van der Waals surface area contributed by atoms with Gasteiger partial charge in [-0.05, 0) is 26.9 Å². The highest BCUT2D eigenvalue weighted by molar-refractivity contribution is 5.66. The first-order valence-corrected chi connectivity index (χ1v) is 4.00. The van der Waals surface area contributed by atoms with E-state index in [4.69, 9.17) is 5.11 Å². The molecule has 0 rings (SSSR count). The van der Waals surface area contributed by atoms with E-state index in [2.05, 4.69) is 11.8 Å². The normalized spacial score (nSPS) is 13.5. The van der Waals surface area contributed by atoms with Gasteiger partial charge < -0.3 is 10.0 Å². The highest BCUT2D eigenvalue weighted by atomic mass is 16.4. The molecule has 0 heterocycles. The van der Waals surface area contributed by atoms with Crippen molar-refractivity contribution in [1.29, 1.82) is 0 Å². The third-order valence-electron chi connectivity index (χ3n) is 2.03. The third-order valence-corrected chi connectivity index (χ3v) is 2.03. The van der Waals surface area contributed by atoms with Crippen molar-refractivity contribution in [3.63, 3.8) is 0 Å². The summed E-state index contributed by atoms with van der Waals surface area (Å²) in [6, 6.07) is 0.371. The zero-order valence-electron chi connectivity index (χ0n) is 7.50. The summed E-state index contributed by atoms with van der Waals surface area (Å²) >= 11 is 0. The Morgan fingerprint density at radius 2 is 2.18 bits per heavy atom. The van der Waals surface area contributed by atoms with Crippen LogP contribution in [0.5, 0.6) is 0 Å². The molecule has 0 aliphatic heterocycles. The SMILES string of the molecule is CCN(C)C(C)CCC(=O)O. The average Bonchev–Trinajstić information content (AvgIpc) is 1.98. The van der Waals surface area contributed by atoms with Crippen LogP contribution < -0.4 is 0 Å². The van der Waals surface area contributed by atoms with Gasteiger partial charge in [0.15, 0.2) is 0 Å². The molecule has 0 fully saturated rings. The van der Waals surface area contributed by atoms with Crippen LogP contribution in [0, 0.1) is 0 Å². The lowest BCUT2D eigenvalue weighted by Gasteiger charge is -2.21. The number of hydrogen-bond donors (Lipinski definition) is 1. The van der Waals surface area contributed by atoms with Gasteiger partial charge in [-0.2, -0.15) is 0 Å². The molecule has 1 atom stereocenters. The topological polar surface area (TPSA) is 40.5 Å². The molecule has 0 saturated heterocycles. The molecule has 0 spiro atoms. The van der Waals surface area contributed by atoms with E-state index in [0.717, 1.165) is 13.0 Å². The largest absolute Gasteiger partial charge is 0.481 e. The van der Waals surface area contributed by atoms with Gasteiger partial charge in [0.2, 0.25) is 0 Å². The van der Waals surface area contributed by atoms with E-state index < -0.39 is 5.97 Å². The van der Waals surface area contributed by atoms with Gasteiger partial charge in [0.1, 0.15) is 0 Å². The fourth-order valence-electron chi connectivity index (χ4n) is 0.864. The standard InChI is InChI=1S/C8H17NO2/c1-4-9(3)7(2)5-6-8(10)11/h7H,4-6H2,1-3H3,(H,10,11). The van der Waals surface area contributed by atoms with Gasteiger partial charge in [0, 0.05) is 12.5 Å². The summed E-state index contributed by atoms with van der Waals surface area (Å²) < 4.78 is 0. The predicted molar refractivity (Wildman–Crippen MR) is 44.6 cm³/mol. The second-order valence-corrected chi connectivity index (χ2v) is 2.85. The van der Waals surface area contributed by atoms with Gasteiger partial charge in [-0.1, -0.05) is 6.92 Å². The van der Waals surface area contributed by atoms with Gasteiger partial charge >= 0.3 is 5.97 Å². The third kappa shape index (κ3) is 4.79. The number of aliphatic carboxylic acids is 1. The molecule has 0 aliphatic rings. The van der Waals surface area contributed by atoms with E-state index in [0.29, 0.717) is 6.04 Å². The molecule has 11 heavy (non-hydrogen) atoms. The maximum Gasteiger partial charge on any atom is 0.303 e. The molecule has 0 bridgehead atoms. The highest BCUT2D eigenvalue weighted by Crippen LogP contribution is 2.03. The second-order valence-electron chi connectivity index (χ2n) is 2.85. The summed E-state index contributed by atoms with van der Waals surface area (Å²) in [5.41, 5.74) is 0. The van der Waals surface area contributed by atoms with Crippen LogP contribution in [0.3, 0.4) is 0 Å². The molecule has 0 aromatic rings. The van der Waals surface area contributed by atoms with Crippen molar-refractivity contribution in [2.45, 2.75) is 32.7 Å². The Morgan fingerprint density at radius 3 is 2.55 bits per heavy atom.